The molecule has 0 fully saturated rings. The molecular weight excluding hydrogens is 563 g/mol. The molecule has 0 saturated heterocycles. The first-order chi connectivity index (χ1) is 21.2. The summed E-state index contributed by atoms with van der Waals surface area (Å²) in [6.07, 6.45) is 0. The summed E-state index contributed by atoms with van der Waals surface area (Å²) in [5.74, 6) is 0. The van der Waals surface area contributed by atoms with Gasteiger partial charge in [0.1, 0.15) is 0 Å². The van der Waals surface area contributed by atoms with Gasteiger partial charge in [-0.05, 0) is 60.2 Å². The number of aromatic nitrogens is 1. The van der Waals surface area contributed by atoms with Crippen LogP contribution in [0.3, 0.4) is 0 Å². The fourth-order valence-corrected chi connectivity index (χ4v) is 9.04. The third-order valence-electron chi connectivity index (χ3n) is 8.46. The van der Waals surface area contributed by atoms with Crippen molar-refractivity contribution in [1.29, 1.82) is 10.5 Å². The van der Waals surface area contributed by atoms with Crippen LogP contribution in [-0.2, 0) is 0 Å². The lowest BCUT2D eigenvalue weighted by molar-refractivity contribution is 1.18. The molecule has 5 heteroatoms. The predicted octanol–water partition coefficient (Wildman–Crippen LogP) is 10.9. The van der Waals surface area contributed by atoms with Gasteiger partial charge in [-0.15, -0.1) is 22.7 Å². The molecule has 0 saturated carbocycles. The summed E-state index contributed by atoms with van der Waals surface area (Å²) >= 11 is 3.73. The number of hydrogen-bond acceptors (Lipinski definition) is 4. The molecule has 0 bridgehead atoms. The Morgan fingerprint density at radius 3 is 1.95 bits per heavy atom. The van der Waals surface area contributed by atoms with Crippen molar-refractivity contribution in [2.75, 3.05) is 0 Å². The highest BCUT2D eigenvalue weighted by Crippen LogP contribution is 2.45. The second-order valence-electron chi connectivity index (χ2n) is 10.8. The van der Waals surface area contributed by atoms with Crippen LogP contribution in [0, 0.1) is 22.7 Å². The SMILES string of the molecule is N#Cc1ccc(-c2ccc3sc4c(ccc5c6ccccc6sc54)c3c2)c(-n2c3ccccc3c3cc(C#N)ccc32)c1. The average Bonchev–Trinajstić information content (AvgIpc) is 3.73. The second kappa shape index (κ2) is 9.02. The van der Waals surface area contributed by atoms with E-state index in [0.717, 1.165) is 38.6 Å². The molecule has 198 valence electrons. The van der Waals surface area contributed by atoms with Crippen LogP contribution < -0.4 is 0 Å². The van der Waals surface area contributed by atoms with Crippen molar-refractivity contribution in [1.82, 2.24) is 4.57 Å². The van der Waals surface area contributed by atoms with Gasteiger partial charge in [0.15, 0.2) is 0 Å². The number of nitriles is 2. The van der Waals surface area contributed by atoms with E-state index in [1.54, 1.807) is 0 Å². The Kier molecular flexibility index (Phi) is 5.07. The molecule has 0 atom stereocenters. The van der Waals surface area contributed by atoms with E-state index in [-0.39, 0.29) is 0 Å². The fourth-order valence-electron chi connectivity index (χ4n) is 6.52. The van der Waals surface area contributed by atoms with Gasteiger partial charge in [0.2, 0.25) is 0 Å². The number of nitrogens with zero attached hydrogens (tertiary/aromatic N) is 3. The van der Waals surface area contributed by atoms with Crippen molar-refractivity contribution in [3.63, 3.8) is 0 Å². The quantitative estimate of drug-likeness (QED) is 0.204. The summed E-state index contributed by atoms with van der Waals surface area (Å²) in [7, 11) is 0. The zero-order chi connectivity index (χ0) is 28.7. The summed E-state index contributed by atoms with van der Waals surface area (Å²) in [5, 5.41) is 26.8. The third kappa shape index (κ3) is 3.44. The molecule has 0 unspecified atom stereocenters. The van der Waals surface area contributed by atoms with Gasteiger partial charge in [0.05, 0.1) is 49.4 Å². The van der Waals surface area contributed by atoms with E-state index in [1.807, 2.05) is 65.1 Å². The lowest BCUT2D eigenvalue weighted by atomic mass is 9.99. The zero-order valence-electron chi connectivity index (χ0n) is 22.6. The predicted molar refractivity (Wildman–Crippen MR) is 181 cm³/mol. The number of fused-ring (bicyclic) bond motifs is 10. The highest BCUT2D eigenvalue weighted by Gasteiger charge is 2.18. The maximum Gasteiger partial charge on any atom is 0.0992 e. The molecular formula is C38H19N3S2. The topological polar surface area (TPSA) is 52.5 Å². The van der Waals surface area contributed by atoms with E-state index in [9.17, 15) is 10.5 Å². The Morgan fingerprint density at radius 1 is 0.488 bits per heavy atom. The number of thiophene rings is 2. The first kappa shape index (κ1) is 24.2. The Morgan fingerprint density at radius 2 is 1.14 bits per heavy atom. The minimum atomic E-state index is 0.604. The van der Waals surface area contributed by atoms with Crippen LogP contribution >= 0.6 is 22.7 Å². The van der Waals surface area contributed by atoms with Crippen molar-refractivity contribution in [2.45, 2.75) is 0 Å². The molecule has 0 aliphatic rings. The molecule has 9 aromatic rings. The molecule has 6 aromatic carbocycles. The maximum absolute atomic E-state index is 9.89. The molecule has 3 heterocycles. The molecule has 0 aliphatic heterocycles. The van der Waals surface area contributed by atoms with E-state index in [2.05, 4.69) is 89.5 Å². The summed E-state index contributed by atoms with van der Waals surface area (Å²) in [5.41, 5.74) is 6.37. The van der Waals surface area contributed by atoms with Crippen molar-refractivity contribution in [3.05, 3.63) is 126 Å². The second-order valence-corrected chi connectivity index (χ2v) is 12.9. The summed E-state index contributed by atoms with van der Waals surface area (Å²) in [4.78, 5) is 0. The van der Waals surface area contributed by atoms with Gasteiger partial charge in [-0.3, -0.25) is 0 Å². The van der Waals surface area contributed by atoms with Gasteiger partial charge in [0, 0.05) is 47.3 Å². The highest BCUT2D eigenvalue weighted by atomic mass is 32.1. The minimum Gasteiger partial charge on any atom is -0.309 e. The number of hydrogen-bond donors (Lipinski definition) is 0. The van der Waals surface area contributed by atoms with E-state index < -0.39 is 0 Å². The van der Waals surface area contributed by atoms with Crippen molar-refractivity contribution >= 4 is 84.8 Å². The molecule has 0 N–H and O–H groups in total. The van der Waals surface area contributed by atoms with Crippen molar-refractivity contribution < 1.29 is 0 Å². The summed E-state index contributed by atoms with van der Waals surface area (Å²) in [6.45, 7) is 0. The Balaban J connectivity index is 1.32. The van der Waals surface area contributed by atoms with Crippen LogP contribution in [0.25, 0.3) is 79.0 Å². The van der Waals surface area contributed by atoms with Crippen molar-refractivity contribution in [2.24, 2.45) is 0 Å². The lowest BCUT2D eigenvalue weighted by Gasteiger charge is -2.15. The first-order valence-corrected chi connectivity index (χ1v) is 15.6. The van der Waals surface area contributed by atoms with Gasteiger partial charge in [-0.2, -0.15) is 10.5 Å². The van der Waals surface area contributed by atoms with Gasteiger partial charge in [0.25, 0.3) is 0 Å². The Bertz CT molecular complexity index is 2710. The standard InChI is InChI=1S/C38H19N3S2/c39-20-22-10-15-33-30(17-22)26-5-1-3-7-32(26)41(33)34-18-23(21-40)9-12-25(34)24-11-16-36-31(19-24)29-14-13-28-27-6-2-4-8-35(27)42-37(28)38(29)43-36/h1-19H. The molecule has 0 aliphatic carbocycles. The van der Waals surface area contributed by atoms with Crippen LogP contribution in [-0.4, -0.2) is 4.57 Å². The van der Waals surface area contributed by atoms with Gasteiger partial charge in [-0.25, -0.2) is 0 Å². The zero-order valence-corrected chi connectivity index (χ0v) is 24.3. The number of benzene rings is 6. The van der Waals surface area contributed by atoms with E-state index >= 15 is 0 Å². The van der Waals surface area contributed by atoms with Crippen molar-refractivity contribution in [3.8, 4) is 29.0 Å². The van der Waals surface area contributed by atoms with E-state index in [4.69, 9.17) is 0 Å². The average molecular weight is 582 g/mol. The van der Waals surface area contributed by atoms with Crippen LogP contribution in [0.1, 0.15) is 11.1 Å². The molecule has 3 nitrogen and oxygen atoms in total. The van der Waals surface area contributed by atoms with Crippen LogP contribution in [0.2, 0.25) is 0 Å². The molecule has 43 heavy (non-hydrogen) atoms. The van der Waals surface area contributed by atoms with Gasteiger partial charge < -0.3 is 4.57 Å². The highest BCUT2D eigenvalue weighted by molar-refractivity contribution is 7.33. The fraction of sp³-hybridized carbons (Fsp3) is 0. The lowest BCUT2D eigenvalue weighted by Crippen LogP contribution is -1.98. The molecule has 0 spiro atoms. The third-order valence-corrected chi connectivity index (χ3v) is 11.0. The van der Waals surface area contributed by atoms with Gasteiger partial charge >= 0.3 is 0 Å². The molecule has 9 rings (SSSR count). The number of para-hydroxylation sites is 1. The monoisotopic (exact) mass is 581 g/mol. The van der Waals surface area contributed by atoms with Crippen LogP contribution in [0.4, 0.5) is 0 Å². The number of rotatable bonds is 2. The minimum absolute atomic E-state index is 0.604. The summed E-state index contributed by atoms with van der Waals surface area (Å²) < 4.78 is 7.50. The molecule has 0 radical (unpaired) electrons. The van der Waals surface area contributed by atoms with Gasteiger partial charge in [-0.1, -0.05) is 60.7 Å². The Labute approximate surface area is 254 Å². The maximum atomic E-state index is 9.89. The summed E-state index contributed by atoms with van der Waals surface area (Å²) in [6, 6.07) is 44.6. The Hall–Kier alpha value is -5.46. The largest absolute Gasteiger partial charge is 0.309 e. The smallest absolute Gasteiger partial charge is 0.0992 e. The van der Waals surface area contributed by atoms with E-state index in [0.29, 0.717) is 11.1 Å². The van der Waals surface area contributed by atoms with Crippen LogP contribution in [0.5, 0.6) is 0 Å². The molecule has 0 amide bonds. The first-order valence-electron chi connectivity index (χ1n) is 14.0. The van der Waals surface area contributed by atoms with E-state index in [1.165, 1.54) is 40.3 Å². The molecule has 3 aromatic heterocycles. The van der Waals surface area contributed by atoms with Crippen LogP contribution in [0.15, 0.2) is 115 Å². The normalized spacial score (nSPS) is 11.7.